The summed E-state index contributed by atoms with van der Waals surface area (Å²) in [6.07, 6.45) is 1.54. The average molecular weight is 342 g/mol. The largest absolute Gasteiger partial charge is 0.497 e. The maximum Gasteiger partial charge on any atom is 0.271 e. The van der Waals surface area contributed by atoms with E-state index in [-0.39, 0.29) is 5.91 Å². The van der Waals surface area contributed by atoms with Crippen LogP contribution in [0, 0.1) is 0 Å². The zero-order chi connectivity index (χ0) is 18.1. The third kappa shape index (κ3) is 5.24. The van der Waals surface area contributed by atoms with Crippen LogP contribution in [0.1, 0.15) is 29.8 Å². The molecule has 0 aromatic heterocycles. The van der Waals surface area contributed by atoms with Gasteiger partial charge in [-0.15, -0.1) is 0 Å². The van der Waals surface area contributed by atoms with E-state index in [0.29, 0.717) is 30.3 Å². The van der Waals surface area contributed by atoms with E-state index in [1.54, 1.807) is 43.7 Å². The molecule has 0 aliphatic rings. The van der Waals surface area contributed by atoms with Gasteiger partial charge < -0.3 is 14.2 Å². The number of amides is 1. The third-order valence-corrected chi connectivity index (χ3v) is 3.30. The first-order valence-corrected chi connectivity index (χ1v) is 8.05. The Kier molecular flexibility index (Phi) is 6.83. The topological polar surface area (TPSA) is 69.2 Å². The molecule has 0 spiro atoms. The Labute approximate surface area is 147 Å². The molecular weight excluding hydrogens is 320 g/mol. The molecule has 25 heavy (non-hydrogen) atoms. The number of rotatable bonds is 8. The number of ether oxygens (including phenoxy) is 3. The lowest BCUT2D eigenvalue weighted by Crippen LogP contribution is -2.17. The molecule has 0 saturated heterocycles. The maximum atomic E-state index is 12.1. The lowest BCUT2D eigenvalue weighted by atomic mass is 10.2. The number of hydrazone groups is 1. The first-order valence-electron chi connectivity index (χ1n) is 8.05. The number of hydrogen-bond donors (Lipinski definition) is 1. The highest BCUT2D eigenvalue weighted by atomic mass is 16.5. The van der Waals surface area contributed by atoms with Gasteiger partial charge in [-0.1, -0.05) is 6.07 Å². The summed E-state index contributed by atoms with van der Waals surface area (Å²) in [4.78, 5) is 12.1. The van der Waals surface area contributed by atoms with Gasteiger partial charge in [0.25, 0.3) is 5.91 Å². The molecule has 0 heterocycles. The summed E-state index contributed by atoms with van der Waals surface area (Å²) in [5.41, 5.74) is 3.71. The van der Waals surface area contributed by atoms with Crippen LogP contribution < -0.4 is 19.6 Å². The first-order chi connectivity index (χ1) is 12.2. The number of nitrogens with zero attached hydrogens (tertiary/aromatic N) is 1. The van der Waals surface area contributed by atoms with Gasteiger partial charge in [0.15, 0.2) is 0 Å². The van der Waals surface area contributed by atoms with Crippen LogP contribution in [0.3, 0.4) is 0 Å². The van der Waals surface area contributed by atoms with E-state index in [0.717, 1.165) is 11.3 Å². The van der Waals surface area contributed by atoms with Crippen LogP contribution >= 0.6 is 0 Å². The summed E-state index contributed by atoms with van der Waals surface area (Å²) in [6.45, 7) is 4.92. The van der Waals surface area contributed by atoms with E-state index >= 15 is 0 Å². The Morgan fingerprint density at radius 3 is 2.60 bits per heavy atom. The van der Waals surface area contributed by atoms with E-state index in [2.05, 4.69) is 10.5 Å². The summed E-state index contributed by atoms with van der Waals surface area (Å²) in [5, 5.41) is 4.01. The summed E-state index contributed by atoms with van der Waals surface area (Å²) in [7, 11) is 1.55. The molecule has 0 aliphatic heterocycles. The highest BCUT2D eigenvalue weighted by Crippen LogP contribution is 2.24. The summed E-state index contributed by atoms with van der Waals surface area (Å²) in [6, 6.07) is 12.3. The molecule has 6 heteroatoms. The van der Waals surface area contributed by atoms with Crippen molar-refractivity contribution in [1.29, 1.82) is 0 Å². The Morgan fingerprint density at radius 1 is 1.08 bits per heavy atom. The second-order valence-corrected chi connectivity index (χ2v) is 5.00. The van der Waals surface area contributed by atoms with E-state index in [9.17, 15) is 4.79 Å². The van der Waals surface area contributed by atoms with Crippen molar-refractivity contribution in [3.05, 3.63) is 53.6 Å². The first kappa shape index (κ1) is 18.3. The Hall–Kier alpha value is -3.02. The standard InChI is InChI=1S/C19H22N2O4/c1-4-24-17-10-9-15(18(12-17)25-5-2)13-20-21-19(22)14-7-6-8-16(11-14)23-3/h6-13H,4-5H2,1-3H3,(H,21,22)/b20-13+. The number of nitrogens with one attached hydrogen (secondary N) is 1. The maximum absolute atomic E-state index is 12.1. The molecule has 6 nitrogen and oxygen atoms in total. The van der Waals surface area contributed by atoms with Gasteiger partial charge in [-0.05, 0) is 44.2 Å². The zero-order valence-electron chi connectivity index (χ0n) is 14.6. The molecule has 1 amide bonds. The van der Waals surface area contributed by atoms with Crippen LogP contribution in [0.2, 0.25) is 0 Å². The third-order valence-electron chi connectivity index (χ3n) is 3.30. The smallest absolute Gasteiger partial charge is 0.271 e. The lowest BCUT2D eigenvalue weighted by molar-refractivity contribution is 0.0954. The Bertz CT molecular complexity index is 744. The minimum Gasteiger partial charge on any atom is -0.497 e. The van der Waals surface area contributed by atoms with Crippen molar-refractivity contribution in [2.75, 3.05) is 20.3 Å². The van der Waals surface area contributed by atoms with Crippen molar-refractivity contribution < 1.29 is 19.0 Å². The predicted octanol–water partition coefficient (Wildman–Crippen LogP) is 3.26. The highest BCUT2D eigenvalue weighted by Gasteiger charge is 2.07. The molecule has 0 aliphatic carbocycles. The quantitative estimate of drug-likeness (QED) is 0.590. The van der Waals surface area contributed by atoms with Gasteiger partial charge in [0.1, 0.15) is 17.2 Å². The zero-order valence-corrected chi connectivity index (χ0v) is 14.6. The number of benzene rings is 2. The van der Waals surface area contributed by atoms with E-state index in [1.165, 1.54) is 0 Å². The molecule has 0 unspecified atom stereocenters. The Balaban J connectivity index is 2.08. The molecule has 1 N–H and O–H groups in total. The van der Waals surface area contributed by atoms with Crippen LogP contribution in [-0.4, -0.2) is 32.4 Å². The van der Waals surface area contributed by atoms with Gasteiger partial charge in [0, 0.05) is 17.2 Å². The molecule has 2 aromatic rings. The fraction of sp³-hybridized carbons (Fsp3) is 0.263. The number of carbonyl (C=O) groups is 1. The minimum atomic E-state index is -0.320. The van der Waals surface area contributed by atoms with Crippen LogP contribution in [0.15, 0.2) is 47.6 Å². The summed E-state index contributed by atoms with van der Waals surface area (Å²) >= 11 is 0. The predicted molar refractivity (Wildman–Crippen MR) is 96.8 cm³/mol. The van der Waals surface area contributed by atoms with Crippen molar-refractivity contribution in [2.45, 2.75) is 13.8 Å². The highest BCUT2D eigenvalue weighted by molar-refractivity contribution is 5.95. The molecule has 132 valence electrons. The normalized spacial score (nSPS) is 10.5. The van der Waals surface area contributed by atoms with Crippen molar-refractivity contribution in [2.24, 2.45) is 5.10 Å². The molecule has 0 radical (unpaired) electrons. The fourth-order valence-electron chi connectivity index (χ4n) is 2.15. The fourth-order valence-corrected chi connectivity index (χ4v) is 2.15. The van der Waals surface area contributed by atoms with Crippen LogP contribution in [0.4, 0.5) is 0 Å². The summed E-state index contributed by atoms with van der Waals surface area (Å²) < 4.78 is 16.2. The van der Waals surface area contributed by atoms with E-state index in [1.807, 2.05) is 26.0 Å². The minimum absolute atomic E-state index is 0.320. The van der Waals surface area contributed by atoms with Gasteiger partial charge in [-0.2, -0.15) is 5.10 Å². The second kappa shape index (κ2) is 9.32. The molecule has 2 aromatic carbocycles. The summed E-state index contributed by atoms with van der Waals surface area (Å²) in [5.74, 6) is 1.66. The van der Waals surface area contributed by atoms with Gasteiger partial charge >= 0.3 is 0 Å². The van der Waals surface area contributed by atoms with Crippen molar-refractivity contribution in [3.8, 4) is 17.2 Å². The van der Waals surface area contributed by atoms with Gasteiger partial charge in [0.05, 0.1) is 26.5 Å². The van der Waals surface area contributed by atoms with E-state index in [4.69, 9.17) is 14.2 Å². The molecule has 0 fully saturated rings. The molecule has 2 rings (SSSR count). The van der Waals surface area contributed by atoms with E-state index < -0.39 is 0 Å². The lowest BCUT2D eigenvalue weighted by Gasteiger charge is -2.10. The number of hydrogen-bond acceptors (Lipinski definition) is 5. The second-order valence-electron chi connectivity index (χ2n) is 5.00. The monoisotopic (exact) mass is 342 g/mol. The molecule has 0 bridgehead atoms. The average Bonchev–Trinajstić information content (AvgIpc) is 2.64. The van der Waals surface area contributed by atoms with Crippen LogP contribution in [0.5, 0.6) is 17.2 Å². The number of carbonyl (C=O) groups excluding carboxylic acids is 1. The molecular formula is C19H22N2O4. The van der Waals surface area contributed by atoms with Gasteiger partial charge in [-0.25, -0.2) is 5.43 Å². The van der Waals surface area contributed by atoms with Crippen molar-refractivity contribution in [3.63, 3.8) is 0 Å². The van der Waals surface area contributed by atoms with Crippen LogP contribution in [-0.2, 0) is 0 Å². The number of methoxy groups -OCH3 is 1. The molecule has 0 atom stereocenters. The Morgan fingerprint density at radius 2 is 1.88 bits per heavy atom. The molecule has 0 saturated carbocycles. The van der Waals surface area contributed by atoms with Crippen molar-refractivity contribution in [1.82, 2.24) is 5.43 Å². The SMILES string of the molecule is CCOc1ccc(/C=N/NC(=O)c2cccc(OC)c2)c(OCC)c1. The van der Waals surface area contributed by atoms with Crippen molar-refractivity contribution >= 4 is 12.1 Å². The van der Waals surface area contributed by atoms with Crippen LogP contribution in [0.25, 0.3) is 0 Å². The van der Waals surface area contributed by atoms with Gasteiger partial charge in [-0.3, -0.25) is 4.79 Å². The van der Waals surface area contributed by atoms with Gasteiger partial charge in [0.2, 0.25) is 0 Å².